The number of nitrogens with zero attached hydrogens (tertiary/aromatic N) is 3. The molecule has 2 saturated heterocycles. The summed E-state index contributed by atoms with van der Waals surface area (Å²) >= 11 is 0. The Labute approximate surface area is 142 Å². The van der Waals surface area contributed by atoms with Crippen molar-refractivity contribution >= 4 is 11.8 Å². The average Bonchev–Trinajstić information content (AvgIpc) is 2.60. The summed E-state index contributed by atoms with van der Waals surface area (Å²) in [4.78, 5) is 20.8. The lowest BCUT2D eigenvalue weighted by atomic mass is 10.2. The zero-order valence-corrected chi connectivity index (χ0v) is 14.4. The number of pyridine rings is 1. The number of urea groups is 1. The molecule has 3 heterocycles. The molecule has 1 aromatic rings. The van der Waals surface area contributed by atoms with Crippen LogP contribution >= 0.6 is 0 Å². The molecule has 2 atom stereocenters. The van der Waals surface area contributed by atoms with Gasteiger partial charge in [0, 0.05) is 38.9 Å². The van der Waals surface area contributed by atoms with Crippen molar-refractivity contribution in [1.29, 1.82) is 0 Å². The van der Waals surface area contributed by atoms with Gasteiger partial charge in [-0.2, -0.15) is 0 Å². The molecular formula is C17H26N4O3. The van der Waals surface area contributed by atoms with Crippen LogP contribution in [0.3, 0.4) is 0 Å². The predicted molar refractivity (Wildman–Crippen MR) is 91.1 cm³/mol. The minimum absolute atomic E-state index is 0.0401. The quantitative estimate of drug-likeness (QED) is 0.901. The van der Waals surface area contributed by atoms with Gasteiger partial charge >= 0.3 is 6.03 Å². The van der Waals surface area contributed by atoms with Crippen LogP contribution in [0.15, 0.2) is 18.3 Å². The Morgan fingerprint density at radius 2 is 2.00 bits per heavy atom. The summed E-state index contributed by atoms with van der Waals surface area (Å²) < 4.78 is 11.0. The number of ether oxygens (including phenoxy) is 2. The Balaban J connectivity index is 1.55. The van der Waals surface area contributed by atoms with Crippen LogP contribution in [0.2, 0.25) is 0 Å². The normalized spacial score (nSPS) is 24.8. The van der Waals surface area contributed by atoms with Crippen molar-refractivity contribution in [3.63, 3.8) is 0 Å². The first-order valence-electron chi connectivity index (χ1n) is 8.57. The zero-order chi connectivity index (χ0) is 16.9. The van der Waals surface area contributed by atoms with Crippen LogP contribution in [0, 0.1) is 0 Å². The van der Waals surface area contributed by atoms with Crippen molar-refractivity contribution in [2.45, 2.75) is 32.6 Å². The lowest BCUT2D eigenvalue weighted by Gasteiger charge is -2.35. The summed E-state index contributed by atoms with van der Waals surface area (Å²) in [6, 6.07) is 3.94. The second-order valence-corrected chi connectivity index (χ2v) is 6.44. The fraction of sp³-hybridized carbons (Fsp3) is 0.647. The number of carbonyl (C=O) groups is 1. The third-order valence-corrected chi connectivity index (χ3v) is 4.30. The molecule has 2 fully saturated rings. The first kappa shape index (κ1) is 17.0. The van der Waals surface area contributed by atoms with Crippen LogP contribution in [0.4, 0.5) is 10.6 Å². The van der Waals surface area contributed by atoms with E-state index in [1.165, 1.54) is 0 Å². The maximum absolute atomic E-state index is 12.4. The van der Waals surface area contributed by atoms with Crippen molar-refractivity contribution < 1.29 is 14.3 Å². The summed E-state index contributed by atoms with van der Waals surface area (Å²) in [5.41, 5.74) is 1.05. The number of carbonyl (C=O) groups excluding carboxylic acids is 1. The van der Waals surface area contributed by atoms with Gasteiger partial charge in [-0.05, 0) is 31.5 Å². The first-order chi connectivity index (χ1) is 11.6. The molecule has 2 unspecified atom stereocenters. The van der Waals surface area contributed by atoms with E-state index >= 15 is 0 Å². The Morgan fingerprint density at radius 3 is 2.71 bits per heavy atom. The largest absolute Gasteiger partial charge is 0.378 e. The van der Waals surface area contributed by atoms with E-state index in [1.807, 2.05) is 30.9 Å². The molecule has 24 heavy (non-hydrogen) atoms. The molecule has 0 bridgehead atoms. The molecule has 2 aliphatic rings. The van der Waals surface area contributed by atoms with Crippen molar-refractivity contribution in [3.05, 3.63) is 23.9 Å². The monoisotopic (exact) mass is 334 g/mol. The lowest BCUT2D eigenvalue weighted by Crippen LogP contribution is -2.51. The van der Waals surface area contributed by atoms with Crippen molar-refractivity contribution in [2.75, 3.05) is 44.3 Å². The minimum atomic E-state index is -0.0401. The number of nitrogens with one attached hydrogen (secondary N) is 1. The maximum atomic E-state index is 12.4. The number of aromatic nitrogens is 1. The van der Waals surface area contributed by atoms with E-state index in [-0.39, 0.29) is 18.2 Å². The highest BCUT2D eigenvalue weighted by Gasteiger charge is 2.25. The number of rotatable bonds is 3. The Bertz CT molecular complexity index is 553. The van der Waals surface area contributed by atoms with Crippen LogP contribution in [0.5, 0.6) is 0 Å². The Hall–Kier alpha value is -1.86. The molecule has 0 radical (unpaired) electrons. The van der Waals surface area contributed by atoms with Gasteiger partial charge in [-0.3, -0.25) is 0 Å². The van der Waals surface area contributed by atoms with Crippen LogP contribution in [-0.2, 0) is 16.0 Å². The second-order valence-electron chi connectivity index (χ2n) is 6.44. The standard InChI is InChI=1S/C17H26N4O3/c1-13-11-21(12-14(2)24-13)17(22)19-10-15-3-4-18-16(9-15)20-5-7-23-8-6-20/h3-4,9,13-14H,5-8,10-12H2,1-2H3,(H,19,22). The summed E-state index contributed by atoms with van der Waals surface area (Å²) in [6.45, 7) is 8.92. The van der Waals surface area contributed by atoms with Gasteiger partial charge in [-0.25, -0.2) is 9.78 Å². The third kappa shape index (κ3) is 4.36. The van der Waals surface area contributed by atoms with E-state index in [4.69, 9.17) is 9.47 Å². The van der Waals surface area contributed by atoms with Gasteiger partial charge in [0.1, 0.15) is 5.82 Å². The van der Waals surface area contributed by atoms with Crippen LogP contribution in [0.1, 0.15) is 19.4 Å². The lowest BCUT2D eigenvalue weighted by molar-refractivity contribution is -0.0545. The van der Waals surface area contributed by atoms with Crippen molar-refractivity contribution in [1.82, 2.24) is 15.2 Å². The summed E-state index contributed by atoms with van der Waals surface area (Å²) in [6.07, 6.45) is 1.95. The van der Waals surface area contributed by atoms with Gasteiger partial charge in [-0.1, -0.05) is 0 Å². The smallest absolute Gasteiger partial charge is 0.317 e. The number of morpholine rings is 2. The number of anilines is 1. The first-order valence-corrected chi connectivity index (χ1v) is 8.57. The molecule has 0 spiro atoms. The van der Waals surface area contributed by atoms with Crippen LogP contribution in [0.25, 0.3) is 0 Å². The molecule has 7 nitrogen and oxygen atoms in total. The van der Waals surface area contributed by atoms with Gasteiger partial charge in [-0.15, -0.1) is 0 Å². The van der Waals surface area contributed by atoms with E-state index in [1.54, 1.807) is 6.20 Å². The third-order valence-electron chi connectivity index (χ3n) is 4.30. The van der Waals surface area contributed by atoms with E-state index in [2.05, 4.69) is 15.2 Å². The van der Waals surface area contributed by atoms with E-state index in [9.17, 15) is 4.79 Å². The van der Waals surface area contributed by atoms with Gasteiger partial charge in [0.15, 0.2) is 0 Å². The van der Waals surface area contributed by atoms with Crippen molar-refractivity contribution in [2.24, 2.45) is 0 Å². The van der Waals surface area contributed by atoms with Crippen LogP contribution in [-0.4, -0.2) is 67.5 Å². The molecule has 3 rings (SSSR count). The van der Waals surface area contributed by atoms with Gasteiger partial charge in [0.2, 0.25) is 0 Å². The summed E-state index contributed by atoms with van der Waals surface area (Å²) in [7, 11) is 0. The molecular weight excluding hydrogens is 308 g/mol. The fourth-order valence-electron chi connectivity index (χ4n) is 3.17. The van der Waals surface area contributed by atoms with E-state index in [0.29, 0.717) is 19.6 Å². The highest BCUT2D eigenvalue weighted by molar-refractivity contribution is 5.74. The van der Waals surface area contributed by atoms with E-state index in [0.717, 1.165) is 37.7 Å². The molecule has 1 N–H and O–H groups in total. The predicted octanol–water partition coefficient (Wildman–Crippen LogP) is 1.24. The zero-order valence-electron chi connectivity index (χ0n) is 14.4. The summed E-state index contributed by atoms with van der Waals surface area (Å²) in [5.74, 6) is 0.943. The minimum Gasteiger partial charge on any atom is -0.378 e. The number of amides is 2. The number of hydrogen-bond donors (Lipinski definition) is 1. The summed E-state index contributed by atoms with van der Waals surface area (Å²) in [5, 5.41) is 3.00. The molecule has 0 aliphatic carbocycles. The van der Waals surface area contributed by atoms with Gasteiger partial charge < -0.3 is 24.6 Å². The molecule has 0 aromatic carbocycles. The average molecular weight is 334 g/mol. The molecule has 7 heteroatoms. The van der Waals surface area contributed by atoms with E-state index < -0.39 is 0 Å². The molecule has 0 saturated carbocycles. The van der Waals surface area contributed by atoms with Gasteiger partial charge in [0.25, 0.3) is 0 Å². The maximum Gasteiger partial charge on any atom is 0.317 e. The Morgan fingerprint density at radius 1 is 1.29 bits per heavy atom. The highest BCUT2D eigenvalue weighted by Crippen LogP contribution is 2.15. The second kappa shape index (κ2) is 7.81. The molecule has 2 amide bonds. The Kier molecular flexibility index (Phi) is 5.52. The number of hydrogen-bond acceptors (Lipinski definition) is 5. The molecule has 132 valence electrons. The van der Waals surface area contributed by atoms with Gasteiger partial charge in [0.05, 0.1) is 25.4 Å². The molecule has 1 aromatic heterocycles. The van der Waals surface area contributed by atoms with Crippen LogP contribution < -0.4 is 10.2 Å². The van der Waals surface area contributed by atoms with Crippen molar-refractivity contribution in [3.8, 4) is 0 Å². The fourth-order valence-corrected chi connectivity index (χ4v) is 3.17. The highest BCUT2D eigenvalue weighted by atomic mass is 16.5. The molecule has 2 aliphatic heterocycles. The SMILES string of the molecule is CC1CN(C(=O)NCc2ccnc(N3CCOCC3)c2)CC(C)O1. The topological polar surface area (TPSA) is 66.9 Å².